The van der Waals surface area contributed by atoms with Crippen molar-refractivity contribution >= 4 is 17.6 Å². The van der Waals surface area contributed by atoms with Crippen LogP contribution in [0.1, 0.15) is 32.1 Å². The fourth-order valence-electron chi connectivity index (χ4n) is 2.76. The van der Waals surface area contributed by atoms with Crippen LogP contribution in [0.3, 0.4) is 0 Å². The fourth-order valence-corrected chi connectivity index (χ4v) is 2.76. The van der Waals surface area contributed by atoms with Crippen LogP contribution in [0.4, 0.5) is 5.69 Å². The Kier molecular flexibility index (Phi) is 6.40. The van der Waals surface area contributed by atoms with E-state index in [2.05, 4.69) is 10.1 Å². The molecular formula is C17H24N2O4. The number of esters is 1. The van der Waals surface area contributed by atoms with E-state index in [1.807, 2.05) is 0 Å². The smallest absolute Gasteiger partial charge is 0.308 e. The molecule has 1 fully saturated rings. The number of rotatable bonds is 7. The van der Waals surface area contributed by atoms with Crippen molar-refractivity contribution in [2.45, 2.75) is 38.1 Å². The molecule has 23 heavy (non-hydrogen) atoms. The second-order valence-corrected chi connectivity index (χ2v) is 5.81. The standard InChI is InChI=1S/C17H24N2O4/c1-22-17(21)9-10-23-14-7-5-13(6-8-14)19-16(20)11-12-3-2-4-15(12)18/h5-8,12,15H,2-4,9-11,18H2,1H3,(H,19,20)/t12-,15+/m0/s1. The van der Waals surface area contributed by atoms with Gasteiger partial charge in [-0.2, -0.15) is 0 Å². The van der Waals surface area contributed by atoms with Crippen molar-refractivity contribution < 1.29 is 19.1 Å². The maximum atomic E-state index is 12.0. The zero-order valence-electron chi connectivity index (χ0n) is 13.4. The number of nitrogens with one attached hydrogen (secondary N) is 1. The summed E-state index contributed by atoms with van der Waals surface area (Å²) in [6, 6.07) is 7.22. The van der Waals surface area contributed by atoms with Gasteiger partial charge in [-0.05, 0) is 43.0 Å². The Morgan fingerprint density at radius 1 is 1.26 bits per heavy atom. The van der Waals surface area contributed by atoms with Crippen molar-refractivity contribution in [1.82, 2.24) is 0 Å². The first kappa shape index (κ1) is 17.3. The van der Waals surface area contributed by atoms with E-state index in [1.165, 1.54) is 7.11 Å². The molecule has 0 aliphatic heterocycles. The van der Waals surface area contributed by atoms with Gasteiger partial charge < -0.3 is 20.5 Å². The third kappa shape index (κ3) is 5.56. The maximum Gasteiger partial charge on any atom is 0.308 e. The molecular weight excluding hydrogens is 296 g/mol. The number of methoxy groups -OCH3 is 1. The lowest BCUT2D eigenvalue weighted by molar-refractivity contribution is -0.141. The number of benzene rings is 1. The zero-order chi connectivity index (χ0) is 16.7. The van der Waals surface area contributed by atoms with E-state index in [-0.39, 0.29) is 36.9 Å². The lowest BCUT2D eigenvalue weighted by Gasteiger charge is -2.15. The topological polar surface area (TPSA) is 90.6 Å². The number of ether oxygens (including phenoxy) is 2. The molecule has 1 aromatic rings. The van der Waals surface area contributed by atoms with Gasteiger partial charge in [-0.25, -0.2) is 0 Å². The first-order valence-corrected chi connectivity index (χ1v) is 7.93. The molecule has 3 N–H and O–H groups in total. The van der Waals surface area contributed by atoms with Gasteiger partial charge in [-0.3, -0.25) is 9.59 Å². The van der Waals surface area contributed by atoms with E-state index in [0.717, 1.165) is 24.9 Å². The summed E-state index contributed by atoms with van der Waals surface area (Å²) in [6.45, 7) is 0.262. The number of hydrogen-bond acceptors (Lipinski definition) is 5. The molecule has 0 spiro atoms. The highest BCUT2D eigenvalue weighted by atomic mass is 16.5. The molecule has 1 saturated carbocycles. The van der Waals surface area contributed by atoms with E-state index in [4.69, 9.17) is 10.5 Å². The molecule has 6 nitrogen and oxygen atoms in total. The monoisotopic (exact) mass is 320 g/mol. The van der Waals surface area contributed by atoms with Gasteiger partial charge in [0.25, 0.3) is 0 Å². The average Bonchev–Trinajstić information content (AvgIpc) is 2.93. The molecule has 1 amide bonds. The van der Waals surface area contributed by atoms with Crippen LogP contribution < -0.4 is 15.8 Å². The van der Waals surface area contributed by atoms with Crippen molar-refractivity contribution in [3.05, 3.63) is 24.3 Å². The molecule has 0 aromatic heterocycles. The fraction of sp³-hybridized carbons (Fsp3) is 0.529. The summed E-state index contributed by atoms with van der Waals surface area (Å²) in [4.78, 5) is 23.0. The Balaban J connectivity index is 1.75. The summed E-state index contributed by atoms with van der Waals surface area (Å²) < 4.78 is 9.97. The second-order valence-electron chi connectivity index (χ2n) is 5.81. The van der Waals surface area contributed by atoms with Crippen LogP contribution in [0, 0.1) is 5.92 Å². The number of carbonyl (C=O) groups is 2. The summed E-state index contributed by atoms with van der Waals surface area (Å²) in [7, 11) is 1.35. The van der Waals surface area contributed by atoms with Crippen molar-refractivity contribution in [3.63, 3.8) is 0 Å². The Hall–Kier alpha value is -2.08. The SMILES string of the molecule is COC(=O)CCOc1ccc(NC(=O)C[C@@H]2CCC[C@H]2N)cc1. The third-order valence-electron chi connectivity index (χ3n) is 4.11. The Morgan fingerprint density at radius 2 is 2.00 bits per heavy atom. The normalized spacial score (nSPS) is 20.1. The summed E-state index contributed by atoms with van der Waals surface area (Å²) in [5.74, 6) is 0.617. The number of nitrogens with two attached hydrogens (primary N) is 1. The Morgan fingerprint density at radius 3 is 2.61 bits per heavy atom. The molecule has 0 heterocycles. The van der Waals surface area contributed by atoms with Crippen LogP contribution in [-0.4, -0.2) is 31.6 Å². The van der Waals surface area contributed by atoms with Crippen LogP contribution in [0.15, 0.2) is 24.3 Å². The van der Waals surface area contributed by atoms with Crippen LogP contribution in [0.25, 0.3) is 0 Å². The molecule has 0 saturated heterocycles. The van der Waals surface area contributed by atoms with Gasteiger partial charge in [0.2, 0.25) is 5.91 Å². The molecule has 126 valence electrons. The number of hydrogen-bond donors (Lipinski definition) is 2. The highest BCUT2D eigenvalue weighted by molar-refractivity contribution is 5.90. The molecule has 0 bridgehead atoms. The van der Waals surface area contributed by atoms with Gasteiger partial charge in [0.1, 0.15) is 5.75 Å². The van der Waals surface area contributed by atoms with Gasteiger partial charge >= 0.3 is 5.97 Å². The minimum Gasteiger partial charge on any atom is -0.493 e. The van der Waals surface area contributed by atoms with Crippen molar-refractivity contribution in [1.29, 1.82) is 0 Å². The quantitative estimate of drug-likeness (QED) is 0.751. The van der Waals surface area contributed by atoms with Gasteiger partial charge in [0.15, 0.2) is 0 Å². The van der Waals surface area contributed by atoms with Crippen LogP contribution in [-0.2, 0) is 14.3 Å². The second kappa shape index (κ2) is 8.53. The van der Waals surface area contributed by atoms with Crippen molar-refractivity contribution in [3.8, 4) is 5.75 Å². The highest BCUT2D eigenvalue weighted by Crippen LogP contribution is 2.27. The maximum absolute atomic E-state index is 12.0. The summed E-state index contributed by atoms with van der Waals surface area (Å²) >= 11 is 0. The molecule has 1 aromatic carbocycles. The largest absolute Gasteiger partial charge is 0.493 e. The minimum absolute atomic E-state index is 0.00768. The predicted octanol–water partition coefficient (Wildman–Crippen LogP) is 2.08. The third-order valence-corrected chi connectivity index (χ3v) is 4.11. The van der Waals surface area contributed by atoms with Gasteiger partial charge in [0.05, 0.1) is 20.1 Å². The molecule has 2 rings (SSSR count). The van der Waals surface area contributed by atoms with Crippen molar-refractivity contribution in [2.24, 2.45) is 11.7 Å². The average molecular weight is 320 g/mol. The minimum atomic E-state index is -0.306. The van der Waals surface area contributed by atoms with E-state index in [9.17, 15) is 9.59 Å². The molecule has 0 radical (unpaired) electrons. The van der Waals surface area contributed by atoms with Crippen LogP contribution in [0.5, 0.6) is 5.75 Å². The molecule has 0 unspecified atom stereocenters. The number of amides is 1. The van der Waals surface area contributed by atoms with E-state index in [1.54, 1.807) is 24.3 Å². The summed E-state index contributed by atoms with van der Waals surface area (Å²) in [5, 5.41) is 2.88. The number of anilines is 1. The summed E-state index contributed by atoms with van der Waals surface area (Å²) in [5.41, 5.74) is 6.71. The van der Waals surface area contributed by atoms with Gasteiger partial charge in [-0.15, -0.1) is 0 Å². The Bertz CT molecular complexity index is 530. The van der Waals surface area contributed by atoms with Crippen LogP contribution >= 0.6 is 0 Å². The lowest BCUT2D eigenvalue weighted by atomic mass is 10.00. The summed E-state index contributed by atoms with van der Waals surface area (Å²) in [6.07, 6.45) is 3.82. The number of carbonyl (C=O) groups excluding carboxylic acids is 2. The van der Waals surface area contributed by atoms with Gasteiger partial charge in [0, 0.05) is 18.2 Å². The van der Waals surface area contributed by atoms with E-state index < -0.39 is 0 Å². The van der Waals surface area contributed by atoms with Gasteiger partial charge in [-0.1, -0.05) is 6.42 Å². The Labute approximate surface area is 136 Å². The molecule has 1 aliphatic carbocycles. The molecule has 2 atom stereocenters. The predicted molar refractivity (Wildman–Crippen MR) is 87.1 cm³/mol. The molecule has 1 aliphatic rings. The highest BCUT2D eigenvalue weighted by Gasteiger charge is 2.25. The van der Waals surface area contributed by atoms with Crippen LogP contribution in [0.2, 0.25) is 0 Å². The zero-order valence-corrected chi connectivity index (χ0v) is 13.4. The lowest BCUT2D eigenvalue weighted by Crippen LogP contribution is -2.28. The van der Waals surface area contributed by atoms with Crippen molar-refractivity contribution in [2.75, 3.05) is 19.0 Å². The van der Waals surface area contributed by atoms with E-state index in [0.29, 0.717) is 12.2 Å². The van der Waals surface area contributed by atoms with E-state index >= 15 is 0 Å². The molecule has 6 heteroatoms. The first-order valence-electron chi connectivity index (χ1n) is 7.93. The first-order chi connectivity index (χ1) is 11.1.